The molecular formula is C11H14N2O3. The second-order valence-electron chi connectivity index (χ2n) is 3.43. The van der Waals surface area contributed by atoms with E-state index in [0.717, 1.165) is 0 Å². The standard InChI is InChI=1S/C11H14N2O3/c1-8(11(15)16)13(2)12-10(14)9-6-4-3-5-7-9/h3-8H,1-2H3,(H,12,14)(H,15,16)/t8-/m0/s1. The first-order chi connectivity index (χ1) is 7.52. The van der Waals surface area contributed by atoms with Crippen molar-refractivity contribution in [1.82, 2.24) is 10.4 Å². The lowest BCUT2D eigenvalue weighted by molar-refractivity contribution is -0.142. The van der Waals surface area contributed by atoms with Gasteiger partial charge in [0.1, 0.15) is 6.04 Å². The Labute approximate surface area is 93.7 Å². The molecule has 0 saturated heterocycles. The molecule has 0 bridgehead atoms. The highest BCUT2D eigenvalue weighted by molar-refractivity contribution is 5.93. The minimum absolute atomic E-state index is 0.323. The predicted molar refractivity (Wildman–Crippen MR) is 58.8 cm³/mol. The number of rotatable bonds is 4. The Morgan fingerprint density at radius 2 is 1.88 bits per heavy atom. The summed E-state index contributed by atoms with van der Waals surface area (Å²) in [6.45, 7) is 1.49. The van der Waals surface area contributed by atoms with E-state index in [4.69, 9.17) is 5.11 Å². The number of hydrazine groups is 1. The topological polar surface area (TPSA) is 69.6 Å². The maximum atomic E-state index is 11.6. The van der Waals surface area contributed by atoms with Crippen molar-refractivity contribution in [2.75, 3.05) is 7.05 Å². The van der Waals surface area contributed by atoms with Gasteiger partial charge in [0, 0.05) is 12.6 Å². The number of nitrogens with one attached hydrogen (secondary N) is 1. The molecule has 2 N–H and O–H groups in total. The summed E-state index contributed by atoms with van der Waals surface area (Å²) in [5.41, 5.74) is 2.98. The van der Waals surface area contributed by atoms with Crippen molar-refractivity contribution in [3.05, 3.63) is 35.9 Å². The highest BCUT2D eigenvalue weighted by Gasteiger charge is 2.18. The number of nitrogens with zero attached hydrogens (tertiary/aromatic N) is 1. The van der Waals surface area contributed by atoms with Crippen LogP contribution in [-0.2, 0) is 4.79 Å². The van der Waals surface area contributed by atoms with E-state index in [1.54, 1.807) is 30.3 Å². The molecule has 5 heteroatoms. The number of hydrogen-bond acceptors (Lipinski definition) is 3. The molecule has 0 spiro atoms. The SMILES string of the molecule is C[C@@H](C(=O)O)N(C)NC(=O)c1ccccc1. The minimum Gasteiger partial charge on any atom is -0.480 e. The van der Waals surface area contributed by atoms with Crippen LogP contribution in [0.25, 0.3) is 0 Å². The Morgan fingerprint density at radius 3 is 2.38 bits per heavy atom. The Kier molecular flexibility index (Phi) is 4.02. The summed E-state index contributed by atoms with van der Waals surface area (Å²) in [7, 11) is 1.51. The molecule has 0 aliphatic carbocycles. The lowest BCUT2D eigenvalue weighted by Gasteiger charge is -2.21. The zero-order valence-corrected chi connectivity index (χ0v) is 9.18. The first kappa shape index (κ1) is 12.2. The third-order valence-corrected chi connectivity index (χ3v) is 2.25. The van der Waals surface area contributed by atoms with Gasteiger partial charge in [0.2, 0.25) is 0 Å². The average molecular weight is 222 g/mol. The number of likely N-dealkylation sites (N-methyl/N-ethyl adjacent to an activating group) is 1. The zero-order chi connectivity index (χ0) is 12.1. The lowest BCUT2D eigenvalue weighted by atomic mass is 10.2. The molecule has 1 aromatic rings. The molecule has 0 saturated carbocycles. The van der Waals surface area contributed by atoms with Crippen LogP contribution in [0.2, 0.25) is 0 Å². The maximum absolute atomic E-state index is 11.6. The molecule has 1 amide bonds. The van der Waals surface area contributed by atoms with Crippen molar-refractivity contribution >= 4 is 11.9 Å². The van der Waals surface area contributed by atoms with Crippen molar-refractivity contribution < 1.29 is 14.7 Å². The van der Waals surface area contributed by atoms with E-state index in [0.29, 0.717) is 5.56 Å². The fourth-order valence-electron chi connectivity index (χ4n) is 1.08. The van der Waals surface area contributed by atoms with Crippen LogP contribution in [0.3, 0.4) is 0 Å². The van der Waals surface area contributed by atoms with Crippen LogP contribution in [-0.4, -0.2) is 35.1 Å². The number of amides is 1. The fourth-order valence-corrected chi connectivity index (χ4v) is 1.08. The van der Waals surface area contributed by atoms with Gasteiger partial charge in [-0.25, -0.2) is 5.01 Å². The monoisotopic (exact) mass is 222 g/mol. The summed E-state index contributed by atoms with van der Waals surface area (Å²) in [5.74, 6) is -1.31. The van der Waals surface area contributed by atoms with Crippen molar-refractivity contribution in [3.8, 4) is 0 Å². The minimum atomic E-state index is -0.990. The summed E-state index contributed by atoms with van der Waals surface area (Å²) in [5, 5.41) is 10.0. The van der Waals surface area contributed by atoms with Crippen LogP contribution in [0, 0.1) is 0 Å². The Bertz CT molecular complexity index is 378. The van der Waals surface area contributed by atoms with E-state index < -0.39 is 12.0 Å². The largest absolute Gasteiger partial charge is 0.480 e. The van der Waals surface area contributed by atoms with E-state index in [2.05, 4.69) is 5.43 Å². The molecule has 0 fully saturated rings. The molecule has 1 rings (SSSR count). The van der Waals surface area contributed by atoms with Crippen LogP contribution >= 0.6 is 0 Å². The number of hydrogen-bond donors (Lipinski definition) is 2. The number of aliphatic carboxylic acids is 1. The van der Waals surface area contributed by atoms with Gasteiger partial charge in [0.15, 0.2) is 0 Å². The molecule has 0 aliphatic heterocycles. The van der Waals surface area contributed by atoms with E-state index in [1.165, 1.54) is 19.0 Å². The fraction of sp³-hybridized carbons (Fsp3) is 0.273. The molecule has 0 heterocycles. The second-order valence-corrected chi connectivity index (χ2v) is 3.43. The second kappa shape index (κ2) is 5.27. The molecule has 1 aromatic carbocycles. The van der Waals surface area contributed by atoms with E-state index in [9.17, 15) is 9.59 Å². The molecule has 0 radical (unpaired) electrons. The molecule has 16 heavy (non-hydrogen) atoms. The smallest absolute Gasteiger partial charge is 0.322 e. The molecule has 0 unspecified atom stereocenters. The van der Waals surface area contributed by atoms with Crippen molar-refractivity contribution in [2.45, 2.75) is 13.0 Å². The van der Waals surface area contributed by atoms with E-state index in [1.807, 2.05) is 0 Å². The van der Waals surface area contributed by atoms with Crippen molar-refractivity contribution in [1.29, 1.82) is 0 Å². The number of benzene rings is 1. The van der Waals surface area contributed by atoms with Gasteiger partial charge in [-0.2, -0.15) is 0 Å². The first-order valence-electron chi connectivity index (χ1n) is 4.84. The quantitative estimate of drug-likeness (QED) is 0.737. The Balaban J connectivity index is 2.62. The predicted octanol–water partition coefficient (Wildman–Crippen LogP) is 0.736. The maximum Gasteiger partial charge on any atom is 0.322 e. The van der Waals surface area contributed by atoms with Crippen molar-refractivity contribution in [2.24, 2.45) is 0 Å². The lowest BCUT2D eigenvalue weighted by Crippen LogP contribution is -2.47. The Hall–Kier alpha value is -1.88. The number of carbonyl (C=O) groups excluding carboxylic acids is 1. The highest BCUT2D eigenvalue weighted by atomic mass is 16.4. The summed E-state index contributed by atoms with van der Waals surface area (Å²) in [6, 6.07) is 7.85. The van der Waals surface area contributed by atoms with Crippen LogP contribution in [0.4, 0.5) is 0 Å². The summed E-state index contributed by atoms with van der Waals surface area (Å²) < 4.78 is 0. The third-order valence-electron chi connectivity index (χ3n) is 2.25. The number of carboxylic acids is 1. The molecule has 0 aromatic heterocycles. The molecule has 5 nitrogen and oxygen atoms in total. The average Bonchev–Trinajstić information content (AvgIpc) is 2.28. The molecule has 0 aliphatic rings. The van der Waals surface area contributed by atoms with Gasteiger partial charge in [-0.05, 0) is 19.1 Å². The first-order valence-corrected chi connectivity index (χ1v) is 4.84. The molecule has 86 valence electrons. The highest BCUT2D eigenvalue weighted by Crippen LogP contribution is 1.99. The summed E-state index contributed by atoms with van der Waals surface area (Å²) in [4.78, 5) is 22.3. The Morgan fingerprint density at radius 1 is 1.31 bits per heavy atom. The van der Waals surface area contributed by atoms with Crippen LogP contribution in [0.1, 0.15) is 17.3 Å². The van der Waals surface area contributed by atoms with Gasteiger partial charge in [0.05, 0.1) is 0 Å². The van der Waals surface area contributed by atoms with Gasteiger partial charge in [-0.15, -0.1) is 0 Å². The van der Waals surface area contributed by atoms with Crippen LogP contribution in [0.5, 0.6) is 0 Å². The van der Waals surface area contributed by atoms with Gasteiger partial charge in [0.25, 0.3) is 5.91 Å². The normalized spacial score (nSPS) is 12.2. The molecular weight excluding hydrogens is 208 g/mol. The van der Waals surface area contributed by atoms with E-state index >= 15 is 0 Å². The van der Waals surface area contributed by atoms with Crippen molar-refractivity contribution in [3.63, 3.8) is 0 Å². The van der Waals surface area contributed by atoms with Crippen LogP contribution in [0.15, 0.2) is 30.3 Å². The van der Waals surface area contributed by atoms with Crippen LogP contribution < -0.4 is 5.43 Å². The molecule has 1 atom stereocenters. The van der Waals surface area contributed by atoms with Gasteiger partial charge in [-0.3, -0.25) is 15.0 Å². The van der Waals surface area contributed by atoms with Gasteiger partial charge < -0.3 is 5.11 Å². The summed E-state index contributed by atoms with van der Waals surface area (Å²) >= 11 is 0. The van der Waals surface area contributed by atoms with E-state index in [-0.39, 0.29) is 5.91 Å². The zero-order valence-electron chi connectivity index (χ0n) is 9.18. The summed E-state index contributed by atoms with van der Waals surface area (Å²) in [6.07, 6.45) is 0. The number of carbonyl (C=O) groups is 2. The van der Waals surface area contributed by atoms with Gasteiger partial charge >= 0.3 is 5.97 Å². The number of carboxylic acid groups (broad SMARTS) is 1. The van der Waals surface area contributed by atoms with Gasteiger partial charge in [-0.1, -0.05) is 18.2 Å². The third kappa shape index (κ3) is 3.06.